The first-order chi connectivity index (χ1) is 9.99. The largest absolute Gasteiger partial charge is 0.368 e. The van der Waals surface area contributed by atoms with Crippen molar-refractivity contribution >= 4 is 5.69 Å². The number of nitro groups is 1. The van der Waals surface area contributed by atoms with E-state index in [1.807, 2.05) is 0 Å². The molecule has 0 N–H and O–H groups in total. The molecule has 0 spiro atoms. The molecular formula is C13H17N5O3. The molecule has 112 valence electrons. The number of tetrazole rings is 1. The lowest BCUT2D eigenvalue weighted by molar-refractivity contribution is -0.384. The van der Waals surface area contributed by atoms with Gasteiger partial charge < -0.3 is 0 Å². The Balaban J connectivity index is 2.16. The molecule has 0 bridgehead atoms. The van der Waals surface area contributed by atoms with Crippen molar-refractivity contribution in [2.24, 2.45) is 5.92 Å². The maximum Gasteiger partial charge on any atom is 0.368 e. The second kappa shape index (κ2) is 6.29. The topological polar surface area (TPSA) is 95.8 Å². The van der Waals surface area contributed by atoms with E-state index in [9.17, 15) is 14.9 Å². The highest BCUT2D eigenvalue weighted by atomic mass is 16.6. The summed E-state index contributed by atoms with van der Waals surface area (Å²) in [6.45, 7) is 4.76. The molecular weight excluding hydrogens is 274 g/mol. The molecule has 0 unspecified atom stereocenters. The highest BCUT2D eigenvalue weighted by Crippen LogP contribution is 2.13. The van der Waals surface area contributed by atoms with Gasteiger partial charge in [-0.05, 0) is 41.3 Å². The second-order valence-electron chi connectivity index (χ2n) is 5.21. The van der Waals surface area contributed by atoms with Gasteiger partial charge in [0, 0.05) is 18.7 Å². The molecule has 8 heteroatoms. The number of hydrogen-bond acceptors (Lipinski definition) is 5. The summed E-state index contributed by atoms with van der Waals surface area (Å²) in [5.74, 6) is 0.574. The molecule has 0 atom stereocenters. The minimum absolute atomic E-state index is 0.0314. The molecule has 2 rings (SSSR count). The van der Waals surface area contributed by atoms with Gasteiger partial charge in [0.05, 0.1) is 10.6 Å². The summed E-state index contributed by atoms with van der Waals surface area (Å²) in [5.41, 5.74) is 0.0874. The highest BCUT2D eigenvalue weighted by Gasteiger charge is 2.11. The number of aromatic nitrogens is 4. The first kappa shape index (κ1) is 14.9. The fraction of sp³-hybridized carbons (Fsp3) is 0.462. The van der Waals surface area contributed by atoms with Gasteiger partial charge in [0.15, 0.2) is 0 Å². The smallest absolute Gasteiger partial charge is 0.258 e. The molecule has 0 amide bonds. The van der Waals surface area contributed by atoms with Gasteiger partial charge in [0.1, 0.15) is 0 Å². The van der Waals surface area contributed by atoms with E-state index < -0.39 is 4.92 Å². The third-order valence-electron chi connectivity index (χ3n) is 3.10. The van der Waals surface area contributed by atoms with Gasteiger partial charge in [-0.2, -0.15) is 9.36 Å². The minimum Gasteiger partial charge on any atom is -0.258 e. The number of nitrogens with zero attached hydrogens (tertiary/aromatic N) is 5. The normalized spacial score (nSPS) is 11.0. The number of non-ortho nitro benzene ring substituents is 1. The lowest BCUT2D eigenvalue weighted by Gasteiger charge is -2.02. The Morgan fingerprint density at radius 3 is 2.48 bits per heavy atom. The fourth-order valence-corrected chi connectivity index (χ4v) is 1.94. The van der Waals surface area contributed by atoms with E-state index in [0.717, 1.165) is 17.5 Å². The van der Waals surface area contributed by atoms with E-state index in [2.05, 4.69) is 24.3 Å². The van der Waals surface area contributed by atoms with Gasteiger partial charge >= 0.3 is 5.69 Å². The molecule has 0 fully saturated rings. The van der Waals surface area contributed by atoms with Gasteiger partial charge in [-0.3, -0.25) is 10.1 Å². The van der Waals surface area contributed by atoms with Gasteiger partial charge in [-0.25, -0.2) is 4.79 Å². The van der Waals surface area contributed by atoms with Gasteiger partial charge in [-0.15, -0.1) is 0 Å². The Hall–Kier alpha value is -2.51. The predicted octanol–water partition coefficient (Wildman–Crippen LogP) is 1.77. The van der Waals surface area contributed by atoms with Crippen LogP contribution in [0.3, 0.4) is 0 Å². The van der Waals surface area contributed by atoms with E-state index in [0.29, 0.717) is 18.2 Å². The molecule has 0 saturated carbocycles. The maximum absolute atomic E-state index is 12.1. The zero-order chi connectivity index (χ0) is 15.4. The van der Waals surface area contributed by atoms with Crippen LogP contribution in [0.2, 0.25) is 0 Å². The molecule has 2 aromatic rings. The third kappa shape index (κ3) is 3.53. The van der Waals surface area contributed by atoms with Crippen molar-refractivity contribution in [3.63, 3.8) is 0 Å². The quantitative estimate of drug-likeness (QED) is 0.597. The lowest BCUT2D eigenvalue weighted by atomic mass is 10.1. The summed E-state index contributed by atoms with van der Waals surface area (Å²) in [7, 11) is 0. The van der Waals surface area contributed by atoms with Gasteiger partial charge in [0.25, 0.3) is 5.69 Å². The van der Waals surface area contributed by atoms with Crippen molar-refractivity contribution in [1.29, 1.82) is 0 Å². The van der Waals surface area contributed by atoms with Gasteiger partial charge in [-0.1, -0.05) is 13.8 Å². The van der Waals surface area contributed by atoms with Gasteiger partial charge in [0.2, 0.25) is 0 Å². The maximum atomic E-state index is 12.1. The zero-order valence-electron chi connectivity index (χ0n) is 12.0. The molecule has 0 aliphatic heterocycles. The van der Waals surface area contributed by atoms with Crippen LogP contribution in [-0.2, 0) is 6.54 Å². The molecule has 0 saturated heterocycles. The number of benzene rings is 1. The van der Waals surface area contributed by atoms with Crippen LogP contribution in [0.15, 0.2) is 29.1 Å². The highest BCUT2D eigenvalue weighted by molar-refractivity contribution is 5.39. The summed E-state index contributed by atoms with van der Waals surface area (Å²) >= 11 is 0. The average molecular weight is 291 g/mol. The summed E-state index contributed by atoms with van der Waals surface area (Å²) < 4.78 is 2.45. The van der Waals surface area contributed by atoms with Crippen LogP contribution >= 0.6 is 0 Å². The standard InChI is InChI=1S/C13H17N5O3/c1-10(2)4-3-9-16-13(19)17(15-14-16)11-5-7-12(8-6-11)18(20)21/h5-8,10H,3-4,9H2,1-2H3. The second-order valence-corrected chi connectivity index (χ2v) is 5.21. The van der Waals surface area contributed by atoms with Crippen molar-refractivity contribution in [2.75, 3.05) is 0 Å². The number of nitro benzene ring substituents is 1. The Bertz CT molecular complexity index is 672. The van der Waals surface area contributed by atoms with Crippen LogP contribution in [0.5, 0.6) is 0 Å². The zero-order valence-corrected chi connectivity index (χ0v) is 12.0. The van der Waals surface area contributed by atoms with E-state index in [1.54, 1.807) is 0 Å². The Kier molecular flexibility index (Phi) is 4.46. The van der Waals surface area contributed by atoms with E-state index in [4.69, 9.17) is 0 Å². The molecule has 0 radical (unpaired) electrons. The average Bonchev–Trinajstić information content (AvgIpc) is 2.80. The van der Waals surface area contributed by atoms with Crippen LogP contribution in [0.4, 0.5) is 5.69 Å². The minimum atomic E-state index is -0.491. The monoisotopic (exact) mass is 291 g/mol. The Morgan fingerprint density at radius 1 is 1.24 bits per heavy atom. The number of rotatable bonds is 6. The molecule has 1 heterocycles. The van der Waals surface area contributed by atoms with Crippen molar-refractivity contribution in [2.45, 2.75) is 33.2 Å². The molecule has 1 aromatic heterocycles. The number of aryl methyl sites for hydroxylation is 1. The molecule has 1 aromatic carbocycles. The summed E-state index contributed by atoms with van der Waals surface area (Å²) in [5, 5.41) is 18.2. The summed E-state index contributed by atoms with van der Waals surface area (Å²) in [6.07, 6.45) is 1.87. The third-order valence-corrected chi connectivity index (χ3v) is 3.10. The fourth-order valence-electron chi connectivity index (χ4n) is 1.94. The van der Waals surface area contributed by atoms with Crippen LogP contribution in [0, 0.1) is 16.0 Å². The molecule has 0 aliphatic carbocycles. The van der Waals surface area contributed by atoms with Crippen molar-refractivity contribution in [1.82, 2.24) is 19.8 Å². The van der Waals surface area contributed by atoms with Crippen molar-refractivity contribution < 1.29 is 4.92 Å². The van der Waals surface area contributed by atoms with Crippen LogP contribution in [0.25, 0.3) is 5.69 Å². The van der Waals surface area contributed by atoms with Crippen LogP contribution in [0.1, 0.15) is 26.7 Å². The first-order valence-electron chi connectivity index (χ1n) is 6.76. The van der Waals surface area contributed by atoms with Crippen LogP contribution < -0.4 is 5.69 Å². The summed E-state index contributed by atoms with van der Waals surface area (Å²) in [6, 6.07) is 5.62. The SMILES string of the molecule is CC(C)CCCn1nnn(-c2ccc([N+](=O)[O-])cc2)c1=O. The van der Waals surface area contributed by atoms with E-state index in [-0.39, 0.29) is 11.4 Å². The lowest BCUT2D eigenvalue weighted by Crippen LogP contribution is -2.24. The predicted molar refractivity (Wildman–Crippen MR) is 76.3 cm³/mol. The van der Waals surface area contributed by atoms with E-state index in [1.165, 1.54) is 28.9 Å². The molecule has 21 heavy (non-hydrogen) atoms. The molecule has 0 aliphatic rings. The van der Waals surface area contributed by atoms with Crippen molar-refractivity contribution in [3.8, 4) is 5.69 Å². The first-order valence-corrected chi connectivity index (χ1v) is 6.76. The number of hydrogen-bond donors (Lipinski definition) is 0. The Labute approximate surface area is 121 Å². The van der Waals surface area contributed by atoms with Crippen LogP contribution in [-0.4, -0.2) is 24.7 Å². The Morgan fingerprint density at radius 2 is 1.90 bits per heavy atom. The van der Waals surface area contributed by atoms with Crippen molar-refractivity contribution in [3.05, 3.63) is 44.9 Å². The molecule has 8 nitrogen and oxygen atoms in total. The summed E-state index contributed by atoms with van der Waals surface area (Å²) in [4.78, 5) is 22.2. The van der Waals surface area contributed by atoms with E-state index >= 15 is 0 Å².